The Bertz CT molecular complexity index is 843. The molecule has 0 unspecified atom stereocenters. The molecule has 3 rings (SSSR count). The van der Waals surface area contributed by atoms with E-state index >= 15 is 0 Å². The SMILES string of the molecule is COc1ccc(CCC(=O)N2CCC(c3ncc(C(N)=O)c(C)n3)CC2)cc1. The van der Waals surface area contributed by atoms with Gasteiger partial charge in [0.15, 0.2) is 0 Å². The van der Waals surface area contributed by atoms with Crippen LogP contribution in [0.4, 0.5) is 0 Å². The van der Waals surface area contributed by atoms with Crippen LogP contribution < -0.4 is 10.5 Å². The van der Waals surface area contributed by atoms with Gasteiger partial charge in [0.2, 0.25) is 5.91 Å². The molecule has 2 aromatic rings. The molecular formula is C21H26N4O3. The summed E-state index contributed by atoms with van der Waals surface area (Å²) in [6.45, 7) is 3.17. The summed E-state index contributed by atoms with van der Waals surface area (Å²) in [6, 6.07) is 7.81. The number of carbonyl (C=O) groups is 2. The summed E-state index contributed by atoms with van der Waals surface area (Å²) in [6.07, 6.45) is 4.37. The number of benzene rings is 1. The summed E-state index contributed by atoms with van der Waals surface area (Å²) in [4.78, 5) is 34.5. The number of aryl methyl sites for hydroxylation is 2. The molecule has 2 N–H and O–H groups in total. The number of piperidine rings is 1. The first-order valence-corrected chi connectivity index (χ1v) is 9.52. The predicted molar refractivity (Wildman–Crippen MR) is 105 cm³/mol. The van der Waals surface area contributed by atoms with Crippen LogP contribution in [0.5, 0.6) is 5.75 Å². The number of methoxy groups -OCH3 is 1. The first kappa shape index (κ1) is 19.8. The lowest BCUT2D eigenvalue weighted by molar-refractivity contribution is -0.132. The molecule has 148 valence electrons. The first-order valence-electron chi connectivity index (χ1n) is 9.52. The van der Waals surface area contributed by atoms with E-state index in [4.69, 9.17) is 10.5 Å². The Hall–Kier alpha value is -2.96. The van der Waals surface area contributed by atoms with Gasteiger partial charge in [-0.25, -0.2) is 9.97 Å². The number of ether oxygens (including phenoxy) is 1. The van der Waals surface area contributed by atoms with Crippen LogP contribution in [-0.2, 0) is 11.2 Å². The van der Waals surface area contributed by atoms with Crippen molar-refractivity contribution in [2.24, 2.45) is 5.73 Å². The van der Waals surface area contributed by atoms with E-state index in [0.717, 1.165) is 36.4 Å². The van der Waals surface area contributed by atoms with E-state index in [-0.39, 0.29) is 11.8 Å². The molecule has 1 aromatic carbocycles. The molecule has 7 nitrogen and oxygen atoms in total. The third kappa shape index (κ3) is 4.65. The van der Waals surface area contributed by atoms with Gasteiger partial charge in [0.05, 0.1) is 18.4 Å². The van der Waals surface area contributed by atoms with Gasteiger partial charge in [0, 0.05) is 31.6 Å². The summed E-state index contributed by atoms with van der Waals surface area (Å²) in [5.74, 6) is 1.41. The quantitative estimate of drug-likeness (QED) is 0.826. The van der Waals surface area contributed by atoms with Crippen LogP contribution >= 0.6 is 0 Å². The Morgan fingerprint density at radius 3 is 2.46 bits per heavy atom. The van der Waals surface area contributed by atoms with Gasteiger partial charge in [-0.3, -0.25) is 9.59 Å². The van der Waals surface area contributed by atoms with Crippen molar-refractivity contribution < 1.29 is 14.3 Å². The Labute approximate surface area is 164 Å². The monoisotopic (exact) mass is 382 g/mol. The molecule has 2 amide bonds. The highest BCUT2D eigenvalue weighted by Gasteiger charge is 2.25. The average molecular weight is 382 g/mol. The van der Waals surface area contributed by atoms with Crippen LogP contribution in [0.25, 0.3) is 0 Å². The molecule has 1 aromatic heterocycles. The molecular weight excluding hydrogens is 356 g/mol. The number of aromatic nitrogens is 2. The molecule has 1 saturated heterocycles. The molecule has 0 radical (unpaired) electrons. The minimum Gasteiger partial charge on any atom is -0.497 e. The molecule has 2 heterocycles. The number of amides is 2. The fraction of sp³-hybridized carbons (Fsp3) is 0.429. The lowest BCUT2D eigenvalue weighted by Crippen LogP contribution is -2.38. The van der Waals surface area contributed by atoms with Crippen molar-refractivity contribution in [3.63, 3.8) is 0 Å². The Balaban J connectivity index is 1.51. The molecule has 28 heavy (non-hydrogen) atoms. The van der Waals surface area contributed by atoms with Gasteiger partial charge < -0.3 is 15.4 Å². The van der Waals surface area contributed by atoms with Gasteiger partial charge in [-0.05, 0) is 43.9 Å². The Kier molecular flexibility index (Phi) is 6.23. The first-order chi connectivity index (χ1) is 13.5. The molecule has 1 fully saturated rings. The third-order valence-electron chi connectivity index (χ3n) is 5.26. The number of likely N-dealkylation sites (tertiary alicyclic amines) is 1. The van der Waals surface area contributed by atoms with Crippen LogP contribution in [0.1, 0.15) is 52.6 Å². The van der Waals surface area contributed by atoms with Crippen molar-refractivity contribution in [1.29, 1.82) is 0 Å². The van der Waals surface area contributed by atoms with Gasteiger partial charge in [-0.1, -0.05) is 12.1 Å². The highest BCUT2D eigenvalue weighted by atomic mass is 16.5. The Morgan fingerprint density at radius 2 is 1.89 bits per heavy atom. The molecule has 7 heteroatoms. The standard InChI is InChI=1S/C21H26N4O3/c1-14-18(20(22)27)13-23-21(24-14)16-9-11-25(12-10-16)19(26)8-5-15-3-6-17(28-2)7-4-15/h3-4,6-7,13,16H,5,8-12H2,1-2H3,(H2,22,27). The van der Waals surface area contributed by atoms with E-state index in [9.17, 15) is 9.59 Å². The van der Waals surface area contributed by atoms with Crippen LogP contribution in [-0.4, -0.2) is 46.9 Å². The smallest absolute Gasteiger partial charge is 0.252 e. The largest absolute Gasteiger partial charge is 0.497 e. The van der Waals surface area contributed by atoms with E-state index < -0.39 is 5.91 Å². The zero-order valence-corrected chi connectivity index (χ0v) is 16.4. The molecule has 1 aliphatic rings. The number of hydrogen-bond acceptors (Lipinski definition) is 5. The maximum Gasteiger partial charge on any atom is 0.252 e. The van der Waals surface area contributed by atoms with Crippen LogP contribution in [0, 0.1) is 6.92 Å². The summed E-state index contributed by atoms with van der Waals surface area (Å²) < 4.78 is 5.15. The fourth-order valence-corrected chi connectivity index (χ4v) is 3.51. The number of nitrogens with zero attached hydrogens (tertiary/aromatic N) is 3. The summed E-state index contributed by atoms with van der Waals surface area (Å²) in [5, 5.41) is 0. The molecule has 0 aliphatic carbocycles. The van der Waals surface area contributed by atoms with Crippen molar-refractivity contribution in [3.8, 4) is 5.75 Å². The van der Waals surface area contributed by atoms with E-state index in [2.05, 4.69) is 9.97 Å². The molecule has 0 atom stereocenters. The summed E-state index contributed by atoms with van der Waals surface area (Å²) in [5.41, 5.74) is 7.40. The number of carbonyl (C=O) groups excluding carboxylic acids is 2. The number of primary amides is 1. The second-order valence-corrected chi connectivity index (χ2v) is 7.09. The van der Waals surface area contributed by atoms with E-state index in [1.807, 2.05) is 29.2 Å². The van der Waals surface area contributed by atoms with Gasteiger partial charge >= 0.3 is 0 Å². The lowest BCUT2D eigenvalue weighted by Gasteiger charge is -2.31. The number of nitrogens with two attached hydrogens (primary N) is 1. The van der Waals surface area contributed by atoms with Crippen LogP contribution in [0.15, 0.2) is 30.5 Å². The van der Waals surface area contributed by atoms with Gasteiger partial charge in [-0.15, -0.1) is 0 Å². The topological polar surface area (TPSA) is 98.4 Å². The zero-order valence-electron chi connectivity index (χ0n) is 16.4. The maximum absolute atomic E-state index is 12.5. The van der Waals surface area contributed by atoms with Crippen LogP contribution in [0.3, 0.4) is 0 Å². The summed E-state index contributed by atoms with van der Waals surface area (Å²) in [7, 11) is 1.64. The minimum atomic E-state index is -0.513. The van der Waals surface area contributed by atoms with Crippen LogP contribution in [0.2, 0.25) is 0 Å². The van der Waals surface area contributed by atoms with Gasteiger partial charge in [-0.2, -0.15) is 0 Å². The van der Waals surface area contributed by atoms with Crippen molar-refractivity contribution in [2.45, 2.75) is 38.5 Å². The maximum atomic E-state index is 12.5. The zero-order chi connectivity index (χ0) is 20.1. The van der Waals surface area contributed by atoms with E-state index in [1.165, 1.54) is 6.20 Å². The minimum absolute atomic E-state index is 0.176. The van der Waals surface area contributed by atoms with Crippen molar-refractivity contribution in [3.05, 3.63) is 53.1 Å². The van der Waals surface area contributed by atoms with Crippen molar-refractivity contribution in [1.82, 2.24) is 14.9 Å². The highest BCUT2D eigenvalue weighted by molar-refractivity contribution is 5.93. The number of hydrogen-bond donors (Lipinski definition) is 1. The average Bonchev–Trinajstić information content (AvgIpc) is 2.72. The van der Waals surface area contributed by atoms with Gasteiger partial charge in [0.25, 0.3) is 5.91 Å². The van der Waals surface area contributed by atoms with Crippen molar-refractivity contribution in [2.75, 3.05) is 20.2 Å². The predicted octanol–water partition coefficient (Wildman–Crippen LogP) is 2.23. The number of rotatable bonds is 6. The highest BCUT2D eigenvalue weighted by Crippen LogP contribution is 2.26. The fourth-order valence-electron chi connectivity index (χ4n) is 3.51. The normalized spacial score (nSPS) is 14.7. The second-order valence-electron chi connectivity index (χ2n) is 7.09. The molecule has 0 bridgehead atoms. The van der Waals surface area contributed by atoms with E-state index in [0.29, 0.717) is 30.8 Å². The molecule has 0 saturated carbocycles. The third-order valence-corrected chi connectivity index (χ3v) is 5.26. The lowest BCUT2D eigenvalue weighted by atomic mass is 9.95. The van der Waals surface area contributed by atoms with Gasteiger partial charge in [0.1, 0.15) is 11.6 Å². The Morgan fingerprint density at radius 1 is 1.21 bits per heavy atom. The van der Waals surface area contributed by atoms with Crippen molar-refractivity contribution >= 4 is 11.8 Å². The summed E-state index contributed by atoms with van der Waals surface area (Å²) >= 11 is 0. The molecule has 1 aliphatic heterocycles. The second kappa shape index (κ2) is 8.82. The van der Waals surface area contributed by atoms with E-state index in [1.54, 1.807) is 14.0 Å². The molecule has 0 spiro atoms.